The van der Waals surface area contributed by atoms with Crippen molar-refractivity contribution >= 4 is 5.91 Å². The number of rotatable bonds is 5. The highest BCUT2D eigenvalue weighted by atomic mass is 16.5. The molecule has 1 fully saturated rings. The summed E-state index contributed by atoms with van der Waals surface area (Å²) in [6.45, 7) is 6.24. The van der Waals surface area contributed by atoms with Gasteiger partial charge in [-0.05, 0) is 36.8 Å². The van der Waals surface area contributed by atoms with Crippen LogP contribution >= 0.6 is 0 Å². The molecule has 0 saturated carbocycles. The molecule has 1 amide bonds. The van der Waals surface area contributed by atoms with Crippen molar-refractivity contribution in [2.45, 2.75) is 19.5 Å². The fourth-order valence-electron chi connectivity index (χ4n) is 3.15. The third-order valence-corrected chi connectivity index (χ3v) is 4.66. The SMILES string of the molecule is COc1cccc(CN2CCN(C(=O)[C@@H](C)n3cccc3)CC2)c1. The Morgan fingerprint density at radius 1 is 1.12 bits per heavy atom. The lowest BCUT2D eigenvalue weighted by Crippen LogP contribution is -2.49. The summed E-state index contributed by atoms with van der Waals surface area (Å²) in [6, 6.07) is 11.9. The van der Waals surface area contributed by atoms with Crippen LogP contribution in [0.15, 0.2) is 48.8 Å². The molecule has 1 aliphatic rings. The molecule has 0 aliphatic carbocycles. The normalized spacial score (nSPS) is 16.8. The van der Waals surface area contributed by atoms with Gasteiger partial charge in [0.15, 0.2) is 0 Å². The van der Waals surface area contributed by atoms with Crippen molar-refractivity contribution < 1.29 is 9.53 Å². The highest BCUT2D eigenvalue weighted by Crippen LogP contribution is 2.17. The number of methoxy groups -OCH3 is 1. The number of nitrogens with zero attached hydrogens (tertiary/aromatic N) is 3. The van der Waals surface area contributed by atoms with Gasteiger partial charge < -0.3 is 14.2 Å². The van der Waals surface area contributed by atoms with Gasteiger partial charge in [-0.2, -0.15) is 0 Å². The molecule has 1 saturated heterocycles. The number of aromatic nitrogens is 1. The minimum atomic E-state index is -0.134. The highest BCUT2D eigenvalue weighted by molar-refractivity contribution is 5.80. The number of piperazine rings is 1. The van der Waals surface area contributed by atoms with Crippen LogP contribution in [0.3, 0.4) is 0 Å². The van der Waals surface area contributed by atoms with Gasteiger partial charge in [0.2, 0.25) is 5.91 Å². The molecule has 2 heterocycles. The van der Waals surface area contributed by atoms with E-state index in [0.717, 1.165) is 38.5 Å². The van der Waals surface area contributed by atoms with Crippen LogP contribution in [0.25, 0.3) is 0 Å². The molecule has 1 aliphatic heterocycles. The Morgan fingerprint density at radius 2 is 1.83 bits per heavy atom. The lowest BCUT2D eigenvalue weighted by Gasteiger charge is -2.36. The zero-order chi connectivity index (χ0) is 16.9. The Labute approximate surface area is 143 Å². The van der Waals surface area contributed by atoms with E-state index in [4.69, 9.17) is 4.74 Å². The number of carbonyl (C=O) groups is 1. The van der Waals surface area contributed by atoms with Gasteiger partial charge in [0, 0.05) is 45.1 Å². The molecular weight excluding hydrogens is 302 g/mol. The lowest BCUT2D eigenvalue weighted by atomic mass is 10.1. The fourth-order valence-corrected chi connectivity index (χ4v) is 3.15. The van der Waals surface area contributed by atoms with Crippen molar-refractivity contribution in [3.05, 3.63) is 54.4 Å². The first-order valence-electron chi connectivity index (χ1n) is 8.44. The Morgan fingerprint density at radius 3 is 2.50 bits per heavy atom. The molecule has 24 heavy (non-hydrogen) atoms. The smallest absolute Gasteiger partial charge is 0.245 e. The quantitative estimate of drug-likeness (QED) is 0.846. The van der Waals surface area contributed by atoms with Crippen LogP contribution in [0.4, 0.5) is 0 Å². The molecule has 128 valence electrons. The predicted molar refractivity (Wildman–Crippen MR) is 94.0 cm³/mol. The average molecular weight is 327 g/mol. The predicted octanol–water partition coefficient (Wildman–Crippen LogP) is 2.40. The van der Waals surface area contributed by atoms with Crippen LogP contribution in [0.1, 0.15) is 18.5 Å². The zero-order valence-corrected chi connectivity index (χ0v) is 14.4. The Kier molecular flexibility index (Phi) is 5.20. The monoisotopic (exact) mass is 327 g/mol. The third-order valence-electron chi connectivity index (χ3n) is 4.66. The molecule has 1 aromatic heterocycles. The first-order valence-corrected chi connectivity index (χ1v) is 8.44. The number of benzene rings is 1. The summed E-state index contributed by atoms with van der Waals surface area (Å²) < 4.78 is 7.24. The van der Waals surface area contributed by atoms with E-state index in [1.165, 1.54) is 5.56 Å². The molecule has 0 N–H and O–H groups in total. The van der Waals surface area contributed by atoms with Crippen molar-refractivity contribution in [1.29, 1.82) is 0 Å². The zero-order valence-electron chi connectivity index (χ0n) is 14.4. The summed E-state index contributed by atoms with van der Waals surface area (Å²) in [6.07, 6.45) is 3.89. The molecule has 5 nitrogen and oxygen atoms in total. The van der Waals surface area contributed by atoms with Gasteiger partial charge in [0.05, 0.1) is 7.11 Å². The number of amides is 1. The molecular formula is C19H25N3O2. The molecule has 0 radical (unpaired) electrons. The number of ether oxygens (including phenoxy) is 1. The summed E-state index contributed by atoms with van der Waals surface area (Å²) in [5, 5.41) is 0. The van der Waals surface area contributed by atoms with Crippen LogP contribution in [-0.4, -0.2) is 53.6 Å². The van der Waals surface area contributed by atoms with Gasteiger partial charge in [0.25, 0.3) is 0 Å². The van der Waals surface area contributed by atoms with Gasteiger partial charge in [-0.1, -0.05) is 12.1 Å². The van der Waals surface area contributed by atoms with Gasteiger partial charge in [0.1, 0.15) is 11.8 Å². The van der Waals surface area contributed by atoms with E-state index in [9.17, 15) is 4.79 Å². The van der Waals surface area contributed by atoms with Gasteiger partial charge in [-0.3, -0.25) is 9.69 Å². The summed E-state index contributed by atoms with van der Waals surface area (Å²) in [4.78, 5) is 17.0. The Balaban J connectivity index is 1.53. The summed E-state index contributed by atoms with van der Waals surface area (Å²) in [5.41, 5.74) is 1.25. The molecule has 1 aromatic carbocycles. The maximum Gasteiger partial charge on any atom is 0.245 e. The molecule has 1 atom stereocenters. The van der Waals surface area contributed by atoms with Crippen molar-refractivity contribution in [2.75, 3.05) is 33.3 Å². The van der Waals surface area contributed by atoms with Crippen molar-refractivity contribution in [3.8, 4) is 5.75 Å². The van der Waals surface area contributed by atoms with E-state index in [2.05, 4.69) is 17.0 Å². The van der Waals surface area contributed by atoms with Gasteiger partial charge in [-0.15, -0.1) is 0 Å². The number of hydrogen-bond acceptors (Lipinski definition) is 3. The van der Waals surface area contributed by atoms with E-state index in [1.807, 2.05) is 53.0 Å². The van der Waals surface area contributed by atoms with Crippen molar-refractivity contribution in [1.82, 2.24) is 14.4 Å². The van der Waals surface area contributed by atoms with Crippen LogP contribution in [0.5, 0.6) is 5.75 Å². The van der Waals surface area contributed by atoms with Crippen molar-refractivity contribution in [3.63, 3.8) is 0 Å². The van der Waals surface area contributed by atoms with Crippen LogP contribution in [0, 0.1) is 0 Å². The molecule has 2 aromatic rings. The molecule has 5 heteroatoms. The van der Waals surface area contributed by atoms with Crippen LogP contribution in [0.2, 0.25) is 0 Å². The maximum atomic E-state index is 12.6. The second-order valence-corrected chi connectivity index (χ2v) is 6.26. The molecule has 3 rings (SSSR count). The van der Waals surface area contributed by atoms with Crippen LogP contribution < -0.4 is 4.74 Å². The summed E-state index contributed by atoms with van der Waals surface area (Å²) in [7, 11) is 1.69. The van der Waals surface area contributed by atoms with Gasteiger partial charge >= 0.3 is 0 Å². The second-order valence-electron chi connectivity index (χ2n) is 6.26. The van der Waals surface area contributed by atoms with Crippen molar-refractivity contribution in [2.24, 2.45) is 0 Å². The highest BCUT2D eigenvalue weighted by Gasteiger charge is 2.25. The summed E-state index contributed by atoms with van der Waals surface area (Å²) in [5.74, 6) is 1.09. The number of hydrogen-bond donors (Lipinski definition) is 0. The largest absolute Gasteiger partial charge is 0.497 e. The molecule has 0 unspecified atom stereocenters. The first-order chi connectivity index (χ1) is 11.7. The Hall–Kier alpha value is -2.27. The minimum absolute atomic E-state index is 0.134. The van der Waals surface area contributed by atoms with E-state index < -0.39 is 0 Å². The minimum Gasteiger partial charge on any atom is -0.497 e. The molecule has 0 bridgehead atoms. The van der Waals surface area contributed by atoms with E-state index in [1.54, 1.807) is 7.11 Å². The lowest BCUT2D eigenvalue weighted by molar-refractivity contribution is -0.136. The maximum absolute atomic E-state index is 12.6. The van der Waals surface area contributed by atoms with Gasteiger partial charge in [-0.25, -0.2) is 0 Å². The van der Waals surface area contributed by atoms with E-state index in [0.29, 0.717) is 0 Å². The molecule has 0 spiro atoms. The first kappa shape index (κ1) is 16.6. The standard InChI is InChI=1S/C19H25N3O2/c1-16(21-8-3-4-9-21)19(23)22-12-10-20(11-13-22)15-17-6-5-7-18(14-17)24-2/h3-9,14,16H,10-13,15H2,1-2H3/t16-/m1/s1. The van der Waals surface area contributed by atoms with E-state index in [-0.39, 0.29) is 11.9 Å². The average Bonchev–Trinajstić information content (AvgIpc) is 3.16. The number of carbonyl (C=O) groups excluding carboxylic acids is 1. The van der Waals surface area contributed by atoms with Crippen LogP contribution in [-0.2, 0) is 11.3 Å². The topological polar surface area (TPSA) is 37.7 Å². The Bertz CT molecular complexity index is 661. The fraction of sp³-hybridized carbons (Fsp3) is 0.421. The second kappa shape index (κ2) is 7.53. The van der Waals surface area contributed by atoms with E-state index >= 15 is 0 Å². The summed E-state index contributed by atoms with van der Waals surface area (Å²) >= 11 is 0. The third kappa shape index (κ3) is 3.79.